The van der Waals surface area contributed by atoms with Gasteiger partial charge < -0.3 is 24.2 Å². The Morgan fingerprint density at radius 2 is 1.74 bits per heavy atom. The van der Waals surface area contributed by atoms with Gasteiger partial charge in [-0.3, -0.25) is 9.59 Å². The van der Waals surface area contributed by atoms with Gasteiger partial charge in [0, 0.05) is 12.1 Å². The number of aliphatic hydroxyl groups excluding tert-OH is 1. The second kappa shape index (κ2) is 11.4. The standard InChI is InChI=1S/C29H26ClNO7/c1-4-38-21-12-13-23(30)22(15-21)26(32)24-25(19-6-5-7-20(14-19)36-2)31(28(34)27(24)33)16-17-8-10-18(11-9-17)29(35)37-3/h5-15,25,32H,4,16H2,1-3H3/b26-24+. The summed E-state index contributed by atoms with van der Waals surface area (Å²) in [5.41, 5.74) is 1.65. The summed E-state index contributed by atoms with van der Waals surface area (Å²) in [5.74, 6) is -1.55. The van der Waals surface area contributed by atoms with E-state index in [1.165, 1.54) is 25.2 Å². The molecule has 1 saturated heterocycles. The summed E-state index contributed by atoms with van der Waals surface area (Å²) in [6.45, 7) is 2.25. The van der Waals surface area contributed by atoms with E-state index in [1.807, 2.05) is 6.92 Å². The first-order valence-corrected chi connectivity index (χ1v) is 12.2. The van der Waals surface area contributed by atoms with Crippen molar-refractivity contribution in [2.45, 2.75) is 19.5 Å². The SMILES string of the molecule is CCOc1ccc(Cl)c(/C(O)=C2\C(=O)C(=O)N(Cc3ccc(C(=O)OC)cc3)C2c2cccc(OC)c2)c1. The number of amides is 1. The second-order valence-electron chi connectivity index (χ2n) is 8.47. The van der Waals surface area contributed by atoms with Crippen LogP contribution in [0.2, 0.25) is 5.02 Å². The summed E-state index contributed by atoms with van der Waals surface area (Å²) >= 11 is 6.40. The van der Waals surface area contributed by atoms with Crippen LogP contribution in [-0.2, 0) is 20.9 Å². The molecule has 1 unspecified atom stereocenters. The van der Waals surface area contributed by atoms with Crippen molar-refractivity contribution in [2.24, 2.45) is 0 Å². The van der Waals surface area contributed by atoms with Gasteiger partial charge in [0.2, 0.25) is 0 Å². The predicted octanol–water partition coefficient (Wildman–Crippen LogP) is 5.16. The van der Waals surface area contributed by atoms with Crippen LogP contribution < -0.4 is 9.47 Å². The third-order valence-corrected chi connectivity index (χ3v) is 6.51. The summed E-state index contributed by atoms with van der Waals surface area (Å²) < 4.78 is 15.6. The van der Waals surface area contributed by atoms with Crippen LogP contribution in [0.4, 0.5) is 0 Å². The van der Waals surface area contributed by atoms with Crippen LogP contribution in [-0.4, -0.2) is 48.5 Å². The van der Waals surface area contributed by atoms with Gasteiger partial charge in [-0.1, -0.05) is 35.9 Å². The van der Waals surface area contributed by atoms with Gasteiger partial charge >= 0.3 is 5.97 Å². The van der Waals surface area contributed by atoms with Crippen LogP contribution in [0.3, 0.4) is 0 Å². The number of esters is 1. The van der Waals surface area contributed by atoms with Crippen molar-refractivity contribution >= 4 is 35.0 Å². The predicted molar refractivity (Wildman–Crippen MR) is 141 cm³/mol. The first kappa shape index (κ1) is 26.8. The number of rotatable bonds is 8. The minimum absolute atomic E-state index is 0.0391. The number of hydrogen-bond acceptors (Lipinski definition) is 7. The van der Waals surface area contributed by atoms with Gasteiger partial charge in [0.1, 0.15) is 17.3 Å². The number of ether oxygens (including phenoxy) is 3. The molecule has 1 aliphatic rings. The zero-order valence-electron chi connectivity index (χ0n) is 21.1. The second-order valence-corrected chi connectivity index (χ2v) is 8.87. The lowest BCUT2D eigenvalue weighted by Crippen LogP contribution is -2.29. The number of hydrogen-bond donors (Lipinski definition) is 1. The Balaban J connectivity index is 1.84. The van der Waals surface area contributed by atoms with E-state index in [2.05, 4.69) is 0 Å². The molecular weight excluding hydrogens is 510 g/mol. The molecule has 0 aliphatic carbocycles. The number of Topliss-reactive ketones (excluding diaryl/α,β-unsaturated/α-hetero) is 1. The summed E-state index contributed by atoms with van der Waals surface area (Å²) in [6.07, 6.45) is 0. The number of carbonyl (C=O) groups excluding carboxylic acids is 3. The first-order chi connectivity index (χ1) is 18.3. The molecule has 196 valence electrons. The zero-order valence-corrected chi connectivity index (χ0v) is 21.8. The van der Waals surface area contributed by atoms with Crippen molar-refractivity contribution in [1.82, 2.24) is 4.90 Å². The van der Waals surface area contributed by atoms with E-state index in [0.717, 1.165) is 0 Å². The zero-order chi connectivity index (χ0) is 27.4. The molecule has 1 aliphatic heterocycles. The third-order valence-electron chi connectivity index (χ3n) is 6.18. The van der Waals surface area contributed by atoms with E-state index in [4.69, 9.17) is 25.8 Å². The quantitative estimate of drug-likeness (QED) is 0.184. The van der Waals surface area contributed by atoms with E-state index in [0.29, 0.717) is 34.8 Å². The maximum atomic E-state index is 13.4. The largest absolute Gasteiger partial charge is 0.507 e. The molecule has 1 atom stereocenters. The highest BCUT2D eigenvalue weighted by molar-refractivity contribution is 6.47. The lowest BCUT2D eigenvalue weighted by molar-refractivity contribution is -0.140. The van der Waals surface area contributed by atoms with Crippen LogP contribution in [0.5, 0.6) is 11.5 Å². The number of ketones is 1. The average Bonchev–Trinajstić information content (AvgIpc) is 3.18. The maximum Gasteiger partial charge on any atom is 0.337 e. The summed E-state index contributed by atoms with van der Waals surface area (Å²) in [5, 5.41) is 11.6. The Hall–Kier alpha value is -4.30. The summed E-state index contributed by atoms with van der Waals surface area (Å²) in [6, 6.07) is 17.3. The molecule has 0 spiro atoms. The Labute approximate surface area is 225 Å². The van der Waals surface area contributed by atoms with Crippen molar-refractivity contribution in [3.05, 3.63) is 99.6 Å². The number of carbonyl (C=O) groups is 3. The van der Waals surface area contributed by atoms with Crippen LogP contribution in [0.1, 0.15) is 40.0 Å². The van der Waals surface area contributed by atoms with E-state index >= 15 is 0 Å². The molecule has 1 N–H and O–H groups in total. The van der Waals surface area contributed by atoms with E-state index < -0.39 is 29.5 Å². The van der Waals surface area contributed by atoms with Crippen molar-refractivity contribution < 1.29 is 33.7 Å². The smallest absolute Gasteiger partial charge is 0.337 e. The van der Waals surface area contributed by atoms with Gasteiger partial charge in [-0.25, -0.2) is 4.79 Å². The fourth-order valence-electron chi connectivity index (χ4n) is 4.35. The van der Waals surface area contributed by atoms with Crippen LogP contribution in [0.15, 0.2) is 72.3 Å². The fourth-order valence-corrected chi connectivity index (χ4v) is 4.56. The van der Waals surface area contributed by atoms with E-state index in [-0.39, 0.29) is 22.7 Å². The Morgan fingerprint density at radius 1 is 1.00 bits per heavy atom. The minimum atomic E-state index is -0.933. The third kappa shape index (κ3) is 5.21. The van der Waals surface area contributed by atoms with E-state index in [9.17, 15) is 19.5 Å². The molecule has 0 aromatic heterocycles. The number of nitrogens with zero attached hydrogens (tertiary/aromatic N) is 1. The maximum absolute atomic E-state index is 13.4. The first-order valence-electron chi connectivity index (χ1n) is 11.8. The Morgan fingerprint density at radius 3 is 2.39 bits per heavy atom. The van der Waals surface area contributed by atoms with Crippen molar-refractivity contribution in [3.63, 3.8) is 0 Å². The number of halogens is 1. The van der Waals surface area contributed by atoms with Crippen molar-refractivity contribution in [3.8, 4) is 11.5 Å². The normalized spacial score (nSPS) is 16.4. The van der Waals surface area contributed by atoms with Gasteiger partial charge in [-0.2, -0.15) is 0 Å². The number of likely N-dealkylation sites (tertiary alicyclic amines) is 1. The lowest BCUT2D eigenvalue weighted by Gasteiger charge is -2.26. The van der Waals surface area contributed by atoms with Gasteiger partial charge in [-0.05, 0) is 60.5 Å². The average molecular weight is 536 g/mol. The Bertz CT molecular complexity index is 1410. The van der Waals surface area contributed by atoms with Gasteiger partial charge in [0.15, 0.2) is 0 Å². The highest BCUT2D eigenvalue weighted by atomic mass is 35.5. The van der Waals surface area contributed by atoms with E-state index in [1.54, 1.807) is 60.7 Å². The molecule has 3 aromatic rings. The van der Waals surface area contributed by atoms with Gasteiger partial charge in [-0.15, -0.1) is 0 Å². The molecule has 4 rings (SSSR count). The van der Waals surface area contributed by atoms with Gasteiger partial charge in [0.25, 0.3) is 11.7 Å². The van der Waals surface area contributed by atoms with Crippen LogP contribution >= 0.6 is 11.6 Å². The molecule has 1 heterocycles. The summed E-state index contributed by atoms with van der Waals surface area (Å²) in [7, 11) is 2.80. The molecule has 0 bridgehead atoms. The van der Waals surface area contributed by atoms with Crippen LogP contribution in [0, 0.1) is 0 Å². The number of methoxy groups -OCH3 is 2. The minimum Gasteiger partial charge on any atom is -0.507 e. The monoisotopic (exact) mass is 535 g/mol. The van der Waals surface area contributed by atoms with Crippen molar-refractivity contribution in [1.29, 1.82) is 0 Å². The molecule has 1 amide bonds. The molecule has 8 nitrogen and oxygen atoms in total. The molecule has 0 saturated carbocycles. The number of benzene rings is 3. The molecule has 3 aromatic carbocycles. The molecule has 9 heteroatoms. The Kier molecular flexibility index (Phi) is 8.02. The van der Waals surface area contributed by atoms with Gasteiger partial charge in [0.05, 0.1) is 43.0 Å². The summed E-state index contributed by atoms with van der Waals surface area (Å²) in [4.78, 5) is 39.9. The topological polar surface area (TPSA) is 102 Å². The van der Waals surface area contributed by atoms with Crippen LogP contribution in [0.25, 0.3) is 5.76 Å². The highest BCUT2D eigenvalue weighted by Gasteiger charge is 2.46. The lowest BCUT2D eigenvalue weighted by atomic mass is 9.95. The number of aliphatic hydroxyl groups is 1. The molecule has 38 heavy (non-hydrogen) atoms. The fraction of sp³-hybridized carbons (Fsp3) is 0.207. The van der Waals surface area contributed by atoms with Crippen molar-refractivity contribution in [2.75, 3.05) is 20.8 Å². The highest BCUT2D eigenvalue weighted by Crippen LogP contribution is 2.42. The molecule has 0 radical (unpaired) electrons. The molecule has 1 fully saturated rings. The molecular formula is C29H26ClNO7.